The topological polar surface area (TPSA) is 109 Å². The molecule has 30 heavy (non-hydrogen) atoms. The van der Waals surface area contributed by atoms with E-state index in [1.54, 1.807) is 30.4 Å². The second-order valence-corrected chi connectivity index (χ2v) is 7.04. The van der Waals surface area contributed by atoms with Crippen molar-refractivity contribution in [3.8, 4) is 11.5 Å². The highest BCUT2D eigenvalue weighted by molar-refractivity contribution is 9.10. The number of pyridine rings is 1. The lowest BCUT2D eigenvalue weighted by Gasteiger charge is -2.09. The van der Waals surface area contributed by atoms with E-state index in [9.17, 15) is 19.7 Å². The van der Waals surface area contributed by atoms with Crippen LogP contribution in [0.1, 0.15) is 25.1 Å². The van der Waals surface area contributed by atoms with Crippen LogP contribution in [0.2, 0.25) is 0 Å². The minimum Gasteiger partial charge on any atom is -0.425 e. The fourth-order valence-electron chi connectivity index (χ4n) is 2.72. The quantitative estimate of drug-likeness (QED) is 0.225. The molecule has 3 aromatic rings. The van der Waals surface area contributed by atoms with E-state index in [4.69, 9.17) is 9.47 Å². The summed E-state index contributed by atoms with van der Waals surface area (Å²) in [6.07, 6.45) is 3.17. The molecule has 2 aromatic carbocycles. The number of esters is 2. The first-order chi connectivity index (χ1) is 14.2. The number of nitrogens with zero attached hydrogens (tertiary/aromatic N) is 2. The van der Waals surface area contributed by atoms with Crippen molar-refractivity contribution >= 4 is 56.6 Å². The highest BCUT2D eigenvalue weighted by Crippen LogP contribution is 2.35. The fraction of sp³-hybridized carbons (Fsp3) is 0.0952. The molecular weight excluding hydrogens is 456 g/mol. The van der Waals surface area contributed by atoms with Crippen molar-refractivity contribution in [3.05, 3.63) is 68.3 Å². The molecule has 1 aromatic heterocycles. The van der Waals surface area contributed by atoms with E-state index in [0.29, 0.717) is 22.5 Å². The number of para-hydroxylation sites is 1. The van der Waals surface area contributed by atoms with Crippen molar-refractivity contribution in [1.29, 1.82) is 0 Å². The first-order valence-corrected chi connectivity index (χ1v) is 9.46. The second-order valence-electron chi connectivity index (χ2n) is 6.19. The van der Waals surface area contributed by atoms with E-state index in [0.717, 1.165) is 5.39 Å². The number of halogens is 1. The monoisotopic (exact) mass is 470 g/mol. The first kappa shape index (κ1) is 21.1. The predicted molar refractivity (Wildman–Crippen MR) is 114 cm³/mol. The lowest BCUT2D eigenvalue weighted by molar-refractivity contribution is -0.385. The summed E-state index contributed by atoms with van der Waals surface area (Å²) in [4.78, 5) is 37.9. The molecule has 0 unspecified atom stereocenters. The number of carbonyl (C=O) groups excluding carboxylic acids is 2. The Labute approximate surface area is 179 Å². The summed E-state index contributed by atoms with van der Waals surface area (Å²) >= 11 is 3.21. The van der Waals surface area contributed by atoms with E-state index >= 15 is 0 Å². The van der Waals surface area contributed by atoms with Crippen molar-refractivity contribution in [2.45, 2.75) is 13.8 Å². The zero-order valence-corrected chi connectivity index (χ0v) is 17.5. The summed E-state index contributed by atoms with van der Waals surface area (Å²) in [5.41, 5.74) is 1.16. The standard InChI is InChI=1S/C21H15BrN2O6/c1-12(25)29-19-5-3-4-14-6-8-16(23-20(14)19)9-7-15-10-17(24(27)28)11-18(22)21(15)30-13(2)26/h3-11H,1-2H3/b9-7+. The summed E-state index contributed by atoms with van der Waals surface area (Å²) < 4.78 is 10.7. The molecule has 0 fully saturated rings. The molecule has 0 saturated heterocycles. The summed E-state index contributed by atoms with van der Waals surface area (Å²) in [5, 5.41) is 12.0. The van der Waals surface area contributed by atoms with Gasteiger partial charge >= 0.3 is 11.9 Å². The van der Waals surface area contributed by atoms with Gasteiger partial charge in [-0.1, -0.05) is 18.2 Å². The molecule has 0 aliphatic rings. The van der Waals surface area contributed by atoms with Crippen molar-refractivity contribution in [2.75, 3.05) is 0 Å². The fourth-order valence-corrected chi connectivity index (χ4v) is 3.26. The van der Waals surface area contributed by atoms with Crippen LogP contribution >= 0.6 is 15.9 Å². The number of fused-ring (bicyclic) bond motifs is 1. The zero-order valence-electron chi connectivity index (χ0n) is 15.9. The van der Waals surface area contributed by atoms with Crippen LogP contribution in [0.3, 0.4) is 0 Å². The summed E-state index contributed by atoms with van der Waals surface area (Å²) in [5.74, 6) is -0.536. The lowest BCUT2D eigenvalue weighted by atomic mass is 10.1. The van der Waals surface area contributed by atoms with Gasteiger partial charge in [0, 0.05) is 36.9 Å². The average Bonchev–Trinajstić information content (AvgIpc) is 2.67. The average molecular weight is 471 g/mol. The first-order valence-electron chi connectivity index (χ1n) is 8.67. The Morgan fingerprint density at radius 1 is 1.07 bits per heavy atom. The zero-order chi connectivity index (χ0) is 21.8. The van der Waals surface area contributed by atoms with Crippen molar-refractivity contribution < 1.29 is 24.0 Å². The van der Waals surface area contributed by atoms with Gasteiger partial charge in [0.25, 0.3) is 5.69 Å². The van der Waals surface area contributed by atoms with Crippen molar-refractivity contribution in [2.24, 2.45) is 0 Å². The van der Waals surface area contributed by atoms with Crippen LogP contribution in [0.15, 0.2) is 46.9 Å². The van der Waals surface area contributed by atoms with Gasteiger partial charge in [-0.2, -0.15) is 0 Å². The van der Waals surface area contributed by atoms with Crippen LogP contribution in [0.25, 0.3) is 23.1 Å². The van der Waals surface area contributed by atoms with E-state index in [2.05, 4.69) is 20.9 Å². The van der Waals surface area contributed by atoms with Crippen LogP contribution in [-0.2, 0) is 9.59 Å². The van der Waals surface area contributed by atoms with Gasteiger partial charge in [-0.05, 0) is 40.2 Å². The predicted octanol–water partition coefficient (Wildman–Crippen LogP) is 4.93. The maximum Gasteiger partial charge on any atom is 0.308 e. The normalized spacial score (nSPS) is 10.9. The number of nitro benzene ring substituents is 1. The minimum atomic E-state index is -0.561. The van der Waals surface area contributed by atoms with Gasteiger partial charge < -0.3 is 9.47 Å². The smallest absolute Gasteiger partial charge is 0.308 e. The molecule has 0 amide bonds. The lowest BCUT2D eigenvalue weighted by Crippen LogP contribution is -2.04. The Bertz CT molecular complexity index is 1210. The highest BCUT2D eigenvalue weighted by atomic mass is 79.9. The van der Waals surface area contributed by atoms with Crippen molar-refractivity contribution in [3.63, 3.8) is 0 Å². The van der Waals surface area contributed by atoms with E-state index in [1.165, 1.54) is 26.0 Å². The van der Waals surface area contributed by atoms with E-state index < -0.39 is 16.9 Å². The second kappa shape index (κ2) is 8.83. The minimum absolute atomic E-state index is 0.158. The van der Waals surface area contributed by atoms with Crippen LogP contribution in [0, 0.1) is 10.1 Å². The molecule has 9 heteroatoms. The van der Waals surface area contributed by atoms with Crippen LogP contribution in [-0.4, -0.2) is 21.8 Å². The van der Waals surface area contributed by atoms with Gasteiger partial charge in [0.1, 0.15) is 5.52 Å². The molecular formula is C21H15BrN2O6. The Morgan fingerprint density at radius 2 is 1.80 bits per heavy atom. The molecule has 152 valence electrons. The Kier molecular flexibility index (Phi) is 6.22. The number of hydrogen-bond acceptors (Lipinski definition) is 7. The Balaban J connectivity index is 2.06. The molecule has 3 rings (SSSR count). The number of ether oxygens (including phenoxy) is 2. The third kappa shape index (κ3) is 4.87. The summed E-state index contributed by atoms with van der Waals surface area (Å²) in [7, 11) is 0. The molecule has 0 atom stereocenters. The molecule has 8 nitrogen and oxygen atoms in total. The highest BCUT2D eigenvalue weighted by Gasteiger charge is 2.16. The van der Waals surface area contributed by atoms with Gasteiger partial charge in [0.2, 0.25) is 0 Å². The maximum absolute atomic E-state index is 11.4. The molecule has 0 radical (unpaired) electrons. The molecule has 1 heterocycles. The maximum atomic E-state index is 11.4. The van der Waals surface area contributed by atoms with Gasteiger partial charge in [-0.3, -0.25) is 19.7 Å². The molecule has 0 aliphatic heterocycles. The van der Waals surface area contributed by atoms with Gasteiger partial charge in [0.15, 0.2) is 11.5 Å². The van der Waals surface area contributed by atoms with E-state index in [1.807, 2.05) is 12.1 Å². The van der Waals surface area contributed by atoms with Crippen LogP contribution < -0.4 is 9.47 Å². The number of non-ortho nitro benzene ring substituents is 1. The molecule has 0 saturated carbocycles. The number of benzene rings is 2. The molecule has 0 bridgehead atoms. The molecule has 0 N–H and O–H groups in total. The molecule has 0 aliphatic carbocycles. The third-order valence-corrected chi connectivity index (χ3v) is 4.49. The number of rotatable bonds is 5. The Hall–Kier alpha value is -3.59. The third-order valence-electron chi connectivity index (χ3n) is 3.91. The molecule has 0 spiro atoms. The summed E-state index contributed by atoms with van der Waals surface area (Å²) in [6.45, 7) is 2.54. The number of aromatic nitrogens is 1. The number of hydrogen-bond donors (Lipinski definition) is 0. The van der Waals surface area contributed by atoms with E-state index in [-0.39, 0.29) is 15.9 Å². The largest absolute Gasteiger partial charge is 0.425 e. The van der Waals surface area contributed by atoms with Crippen molar-refractivity contribution in [1.82, 2.24) is 4.98 Å². The SMILES string of the molecule is CC(=O)Oc1c(Br)cc([N+](=O)[O-])cc1/C=C/c1ccc2cccc(OC(C)=O)c2n1. The Morgan fingerprint density at radius 3 is 2.47 bits per heavy atom. The number of carbonyl (C=O) groups is 2. The summed E-state index contributed by atoms with van der Waals surface area (Å²) in [6, 6.07) is 11.3. The van der Waals surface area contributed by atoms with Crippen LogP contribution in [0.4, 0.5) is 5.69 Å². The van der Waals surface area contributed by atoms with Gasteiger partial charge in [0.05, 0.1) is 15.1 Å². The van der Waals surface area contributed by atoms with Gasteiger partial charge in [-0.25, -0.2) is 4.98 Å². The van der Waals surface area contributed by atoms with Gasteiger partial charge in [-0.15, -0.1) is 0 Å². The number of nitro groups is 1. The van der Waals surface area contributed by atoms with Crippen LogP contribution in [0.5, 0.6) is 11.5 Å².